The molecular formula is C11H21ClO. The Kier molecular flexibility index (Phi) is 5.81. The number of hydrogen-bond acceptors (Lipinski definition) is 1. The monoisotopic (exact) mass is 204 g/mol. The van der Waals surface area contributed by atoms with Crippen LogP contribution in [-0.2, 0) is 4.74 Å². The molecule has 0 atom stereocenters. The lowest BCUT2D eigenvalue weighted by atomic mass is 9.89. The standard InChI is InChI=1S/C11H21ClO/c1-10-4-6-11(7-5-10)13-9-3-2-8-12/h10-11H,2-9H2,1H3. The van der Waals surface area contributed by atoms with E-state index in [-0.39, 0.29) is 0 Å². The Morgan fingerprint density at radius 2 is 1.85 bits per heavy atom. The summed E-state index contributed by atoms with van der Waals surface area (Å²) in [7, 11) is 0. The first-order chi connectivity index (χ1) is 6.33. The molecule has 0 N–H and O–H groups in total. The SMILES string of the molecule is CC1CCC(OCCCCCl)CC1. The maximum atomic E-state index is 5.77. The molecule has 1 fully saturated rings. The Labute approximate surface area is 86.8 Å². The third kappa shape index (κ3) is 4.87. The molecule has 1 aliphatic carbocycles. The lowest BCUT2D eigenvalue weighted by Gasteiger charge is -2.26. The summed E-state index contributed by atoms with van der Waals surface area (Å²) in [6.07, 6.45) is 7.98. The highest BCUT2D eigenvalue weighted by molar-refractivity contribution is 6.17. The van der Waals surface area contributed by atoms with Gasteiger partial charge in [0.25, 0.3) is 0 Å². The number of ether oxygens (including phenoxy) is 1. The van der Waals surface area contributed by atoms with Crippen LogP contribution < -0.4 is 0 Å². The van der Waals surface area contributed by atoms with E-state index in [0.717, 1.165) is 31.2 Å². The molecule has 0 aromatic heterocycles. The molecule has 2 heteroatoms. The van der Waals surface area contributed by atoms with Gasteiger partial charge < -0.3 is 4.74 Å². The van der Waals surface area contributed by atoms with Gasteiger partial charge in [-0.05, 0) is 44.4 Å². The van der Waals surface area contributed by atoms with Crippen molar-refractivity contribution in [1.82, 2.24) is 0 Å². The summed E-state index contributed by atoms with van der Waals surface area (Å²) in [4.78, 5) is 0. The predicted octanol–water partition coefficient (Wildman–Crippen LogP) is 3.60. The molecule has 78 valence electrons. The maximum absolute atomic E-state index is 5.77. The third-order valence-electron chi connectivity index (χ3n) is 2.84. The van der Waals surface area contributed by atoms with E-state index >= 15 is 0 Å². The molecule has 0 saturated heterocycles. The first-order valence-electron chi connectivity index (χ1n) is 5.50. The summed E-state index contributed by atoms with van der Waals surface area (Å²) in [6.45, 7) is 3.25. The summed E-state index contributed by atoms with van der Waals surface area (Å²) in [5, 5.41) is 0. The Morgan fingerprint density at radius 1 is 1.15 bits per heavy atom. The van der Waals surface area contributed by atoms with E-state index in [0.29, 0.717) is 6.10 Å². The average Bonchev–Trinajstić information content (AvgIpc) is 2.15. The Balaban J connectivity index is 1.96. The molecule has 0 unspecified atom stereocenters. The second-order valence-corrected chi connectivity index (χ2v) is 4.53. The van der Waals surface area contributed by atoms with Crippen LogP contribution in [0.2, 0.25) is 0 Å². The predicted molar refractivity (Wildman–Crippen MR) is 57.3 cm³/mol. The Morgan fingerprint density at radius 3 is 2.46 bits per heavy atom. The van der Waals surface area contributed by atoms with Gasteiger partial charge in [-0.2, -0.15) is 0 Å². The molecular weight excluding hydrogens is 184 g/mol. The molecule has 0 radical (unpaired) electrons. The molecule has 1 saturated carbocycles. The summed E-state index contributed by atoms with van der Waals surface area (Å²) in [5.74, 6) is 1.69. The van der Waals surface area contributed by atoms with Gasteiger partial charge in [-0.3, -0.25) is 0 Å². The van der Waals surface area contributed by atoms with Gasteiger partial charge >= 0.3 is 0 Å². The van der Waals surface area contributed by atoms with Crippen molar-refractivity contribution < 1.29 is 4.74 Å². The zero-order valence-electron chi connectivity index (χ0n) is 8.60. The summed E-state index contributed by atoms with van der Waals surface area (Å²) >= 11 is 5.59. The maximum Gasteiger partial charge on any atom is 0.0575 e. The van der Waals surface area contributed by atoms with Crippen molar-refractivity contribution in [2.75, 3.05) is 12.5 Å². The lowest BCUT2D eigenvalue weighted by molar-refractivity contribution is 0.0185. The van der Waals surface area contributed by atoms with Crippen LogP contribution in [0.3, 0.4) is 0 Å². The molecule has 1 aliphatic rings. The van der Waals surface area contributed by atoms with Gasteiger partial charge in [0.2, 0.25) is 0 Å². The van der Waals surface area contributed by atoms with E-state index in [4.69, 9.17) is 16.3 Å². The third-order valence-corrected chi connectivity index (χ3v) is 3.11. The molecule has 1 nitrogen and oxygen atoms in total. The van der Waals surface area contributed by atoms with Crippen LogP contribution >= 0.6 is 11.6 Å². The average molecular weight is 205 g/mol. The fraction of sp³-hybridized carbons (Fsp3) is 1.00. The molecule has 0 amide bonds. The van der Waals surface area contributed by atoms with Gasteiger partial charge in [-0.15, -0.1) is 11.6 Å². The number of rotatable bonds is 5. The fourth-order valence-electron chi connectivity index (χ4n) is 1.84. The summed E-state index contributed by atoms with van der Waals surface area (Å²) in [6, 6.07) is 0. The Hall–Kier alpha value is 0.250. The minimum atomic E-state index is 0.548. The van der Waals surface area contributed by atoms with E-state index in [1.807, 2.05) is 0 Å². The number of unbranched alkanes of at least 4 members (excludes halogenated alkanes) is 1. The van der Waals surface area contributed by atoms with Crippen LogP contribution in [0.5, 0.6) is 0 Å². The molecule has 0 heterocycles. The summed E-state index contributed by atoms with van der Waals surface area (Å²) < 4.78 is 5.77. The highest BCUT2D eigenvalue weighted by Crippen LogP contribution is 2.25. The molecule has 0 bridgehead atoms. The van der Waals surface area contributed by atoms with E-state index in [1.54, 1.807) is 0 Å². The number of halogens is 1. The molecule has 0 aromatic carbocycles. The van der Waals surface area contributed by atoms with Crippen molar-refractivity contribution >= 4 is 11.6 Å². The zero-order chi connectivity index (χ0) is 9.52. The van der Waals surface area contributed by atoms with Crippen LogP contribution in [0.4, 0.5) is 0 Å². The van der Waals surface area contributed by atoms with Crippen molar-refractivity contribution in [3.05, 3.63) is 0 Å². The zero-order valence-corrected chi connectivity index (χ0v) is 9.35. The number of alkyl halides is 1. The first kappa shape index (κ1) is 11.3. The van der Waals surface area contributed by atoms with Gasteiger partial charge in [0.05, 0.1) is 6.10 Å². The van der Waals surface area contributed by atoms with E-state index in [2.05, 4.69) is 6.92 Å². The normalized spacial score (nSPS) is 29.1. The topological polar surface area (TPSA) is 9.23 Å². The van der Waals surface area contributed by atoms with Gasteiger partial charge in [0.1, 0.15) is 0 Å². The van der Waals surface area contributed by atoms with Gasteiger partial charge in [0, 0.05) is 12.5 Å². The molecule has 0 aliphatic heterocycles. The van der Waals surface area contributed by atoms with Gasteiger partial charge in [-0.1, -0.05) is 6.92 Å². The quantitative estimate of drug-likeness (QED) is 0.491. The molecule has 0 spiro atoms. The van der Waals surface area contributed by atoms with Crippen LogP contribution in [-0.4, -0.2) is 18.6 Å². The molecule has 0 aromatic rings. The number of hydrogen-bond donors (Lipinski definition) is 0. The largest absolute Gasteiger partial charge is 0.378 e. The lowest BCUT2D eigenvalue weighted by Crippen LogP contribution is -2.20. The van der Waals surface area contributed by atoms with Gasteiger partial charge in [0.15, 0.2) is 0 Å². The Bertz CT molecular complexity index is 119. The minimum Gasteiger partial charge on any atom is -0.378 e. The van der Waals surface area contributed by atoms with E-state index in [9.17, 15) is 0 Å². The molecule has 13 heavy (non-hydrogen) atoms. The van der Waals surface area contributed by atoms with Crippen molar-refractivity contribution in [3.63, 3.8) is 0 Å². The van der Waals surface area contributed by atoms with E-state index in [1.165, 1.54) is 25.7 Å². The smallest absolute Gasteiger partial charge is 0.0575 e. The van der Waals surface area contributed by atoms with Crippen LogP contribution in [0.15, 0.2) is 0 Å². The van der Waals surface area contributed by atoms with Crippen LogP contribution in [0.25, 0.3) is 0 Å². The van der Waals surface area contributed by atoms with Crippen molar-refractivity contribution in [3.8, 4) is 0 Å². The molecule has 1 rings (SSSR count). The van der Waals surface area contributed by atoms with Crippen molar-refractivity contribution in [2.45, 2.75) is 51.6 Å². The highest BCUT2D eigenvalue weighted by Gasteiger charge is 2.17. The van der Waals surface area contributed by atoms with Crippen LogP contribution in [0, 0.1) is 5.92 Å². The fourth-order valence-corrected chi connectivity index (χ4v) is 2.03. The van der Waals surface area contributed by atoms with Crippen molar-refractivity contribution in [1.29, 1.82) is 0 Å². The second kappa shape index (κ2) is 6.67. The van der Waals surface area contributed by atoms with Gasteiger partial charge in [-0.25, -0.2) is 0 Å². The summed E-state index contributed by atoms with van der Waals surface area (Å²) in [5.41, 5.74) is 0. The second-order valence-electron chi connectivity index (χ2n) is 4.15. The van der Waals surface area contributed by atoms with Crippen LogP contribution in [0.1, 0.15) is 45.4 Å². The van der Waals surface area contributed by atoms with E-state index < -0.39 is 0 Å². The van der Waals surface area contributed by atoms with Crippen molar-refractivity contribution in [2.24, 2.45) is 5.92 Å². The highest BCUT2D eigenvalue weighted by atomic mass is 35.5. The first-order valence-corrected chi connectivity index (χ1v) is 6.04. The minimum absolute atomic E-state index is 0.548.